The van der Waals surface area contributed by atoms with E-state index in [1.807, 2.05) is 0 Å². The highest BCUT2D eigenvalue weighted by molar-refractivity contribution is 5.70. The van der Waals surface area contributed by atoms with Gasteiger partial charge in [-0.3, -0.25) is 0 Å². The lowest BCUT2D eigenvalue weighted by Crippen LogP contribution is -2.15. The Bertz CT molecular complexity index is 145. The molecule has 0 radical (unpaired) electrons. The highest BCUT2D eigenvalue weighted by atomic mass is 16.5. The molecule has 1 fully saturated rings. The molecule has 0 spiro atoms. The average Bonchev–Trinajstić information content (AvgIpc) is 2.64. The summed E-state index contributed by atoms with van der Waals surface area (Å²) >= 11 is 0. The van der Waals surface area contributed by atoms with Gasteiger partial charge in [0.2, 0.25) is 0 Å². The van der Waals surface area contributed by atoms with Gasteiger partial charge in [-0.2, -0.15) is 0 Å². The number of carbonyl (C=O) groups is 1. The van der Waals surface area contributed by atoms with E-state index in [4.69, 9.17) is 0 Å². The van der Waals surface area contributed by atoms with Crippen molar-refractivity contribution in [3.05, 3.63) is 0 Å². The molecule has 58 valence electrons. The van der Waals surface area contributed by atoms with E-state index in [-0.39, 0.29) is 6.09 Å². The second kappa shape index (κ2) is 2.48. The Morgan fingerprint density at radius 2 is 2.30 bits per heavy atom. The molecule has 0 aromatic rings. The van der Waals surface area contributed by atoms with Gasteiger partial charge >= 0.3 is 6.09 Å². The van der Waals surface area contributed by atoms with Gasteiger partial charge in [0.15, 0.2) is 0 Å². The number of hydrogen-bond acceptors (Lipinski definition) is 2. The maximum atomic E-state index is 10.8. The number of ether oxygens (including phenoxy) is 1. The first-order chi connectivity index (χ1) is 4.66. The van der Waals surface area contributed by atoms with E-state index in [0.29, 0.717) is 12.0 Å². The predicted octanol–water partition coefficient (Wildman–Crippen LogP) is 1.09. The van der Waals surface area contributed by atoms with E-state index in [2.05, 4.69) is 18.6 Å². The minimum atomic E-state index is -0.196. The molecule has 10 heavy (non-hydrogen) atoms. The van der Waals surface area contributed by atoms with Gasteiger partial charge < -0.3 is 9.64 Å². The summed E-state index contributed by atoms with van der Waals surface area (Å²) in [6.07, 6.45) is -0.196. The lowest BCUT2D eigenvalue weighted by molar-refractivity contribution is 0.151. The molecule has 1 amide bonds. The van der Waals surface area contributed by atoms with E-state index in [1.165, 1.54) is 7.11 Å². The Morgan fingerprint density at radius 1 is 1.70 bits per heavy atom. The first kappa shape index (κ1) is 7.38. The Balaban J connectivity index is 2.31. The molecule has 1 aliphatic heterocycles. The fourth-order valence-electron chi connectivity index (χ4n) is 1.05. The van der Waals surface area contributed by atoms with Crippen molar-refractivity contribution in [2.75, 3.05) is 13.7 Å². The maximum absolute atomic E-state index is 10.8. The van der Waals surface area contributed by atoms with Gasteiger partial charge in [-0.25, -0.2) is 4.79 Å². The molecular weight excluding hydrogens is 130 g/mol. The minimum Gasteiger partial charge on any atom is -0.453 e. The van der Waals surface area contributed by atoms with Crippen LogP contribution in [-0.2, 0) is 4.74 Å². The van der Waals surface area contributed by atoms with Crippen LogP contribution >= 0.6 is 0 Å². The summed E-state index contributed by atoms with van der Waals surface area (Å²) in [4.78, 5) is 12.5. The Kier molecular flexibility index (Phi) is 1.83. The standard InChI is InChI=1S/C7H13NO2/c1-5(2)6-4-8(6)7(9)10-3/h5-6H,4H2,1-3H3. The average molecular weight is 143 g/mol. The zero-order valence-corrected chi connectivity index (χ0v) is 6.63. The van der Waals surface area contributed by atoms with Crippen molar-refractivity contribution in [1.82, 2.24) is 4.90 Å². The van der Waals surface area contributed by atoms with Crippen molar-refractivity contribution in [2.45, 2.75) is 19.9 Å². The Labute approximate surface area is 61.0 Å². The SMILES string of the molecule is COC(=O)N1CC1C(C)C. The number of nitrogens with zero attached hydrogens (tertiary/aromatic N) is 1. The largest absolute Gasteiger partial charge is 0.453 e. The van der Waals surface area contributed by atoms with Crippen LogP contribution in [0.1, 0.15) is 13.8 Å². The molecule has 3 heteroatoms. The van der Waals surface area contributed by atoms with Crippen molar-refractivity contribution >= 4 is 6.09 Å². The predicted molar refractivity (Wildman–Crippen MR) is 37.7 cm³/mol. The molecule has 1 unspecified atom stereocenters. The van der Waals surface area contributed by atoms with Gasteiger partial charge in [-0.05, 0) is 5.92 Å². The summed E-state index contributed by atoms with van der Waals surface area (Å²) in [7, 11) is 1.41. The van der Waals surface area contributed by atoms with Crippen LogP contribution in [0.5, 0.6) is 0 Å². The van der Waals surface area contributed by atoms with E-state index in [0.717, 1.165) is 6.54 Å². The zero-order valence-electron chi connectivity index (χ0n) is 6.63. The Hall–Kier alpha value is -0.730. The lowest BCUT2D eigenvalue weighted by Gasteiger charge is -2.03. The molecular formula is C7H13NO2. The molecule has 0 aliphatic carbocycles. The number of rotatable bonds is 1. The molecule has 0 aromatic heterocycles. The van der Waals surface area contributed by atoms with Crippen LogP contribution < -0.4 is 0 Å². The van der Waals surface area contributed by atoms with E-state index in [9.17, 15) is 4.79 Å². The highest BCUT2D eigenvalue weighted by Crippen LogP contribution is 2.25. The summed E-state index contributed by atoms with van der Waals surface area (Å²) in [5.74, 6) is 0.555. The van der Waals surface area contributed by atoms with E-state index in [1.54, 1.807) is 4.90 Å². The fraction of sp³-hybridized carbons (Fsp3) is 0.857. The molecule has 3 nitrogen and oxygen atoms in total. The number of hydrogen-bond donors (Lipinski definition) is 0. The van der Waals surface area contributed by atoms with Crippen molar-refractivity contribution < 1.29 is 9.53 Å². The van der Waals surface area contributed by atoms with Crippen LogP contribution in [0.25, 0.3) is 0 Å². The molecule has 0 saturated carbocycles. The summed E-state index contributed by atoms with van der Waals surface area (Å²) < 4.78 is 4.54. The van der Waals surface area contributed by atoms with Gasteiger partial charge in [0.1, 0.15) is 0 Å². The highest BCUT2D eigenvalue weighted by Gasteiger charge is 2.41. The second-order valence-electron chi connectivity index (χ2n) is 2.93. The lowest BCUT2D eigenvalue weighted by atomic mass is 10.1. The summed E-state index contributed by atoms with van der Waals surface area (Å²) in [6.45, 7) is 5.07. The monoisotopic (exact) mass is 143 g/mol. The molecule has 1 atom stereocenters. The van der Waals surface area contributed by atoms with Gasteiger partial charge in [0.05, 0.1) is 13.2 Å². The van der Waals surface area contributed by atoms with E-state index < -0.39 is 0 Å². The number of carbonyl (C=O) groups excluding carboxylic acids is 1. The molecule has 1 saturated heterocycles. The summed E-state index contributed by atoms with van der Waals surface area (Å²) in [6, 6.07) is 0.424. The third kappa shape index (κ3) is 1.23. The van der Waals surface area contributed by atoms with Gasteiger partial charge in [0.25, 0.3) is 0 Å². The second-order valence-corrected chi connectivity index (χ2v) is 2.93. The summed E-state index contributed by atoms with van der Waals surface area (Å²) in [5, 5.41) is 0. The minimum absolute atomic E-state index is 0.196. The third-order valence-corrected chi connectivity index (χ3v) is 1.83. The normalized spacial score (nSPS) is 23.2. The topological polar surface area (TPSA) is 29.3 Å². The molecule has 0 aromatic carbocycles. The van der Waals surface area contributed by atoms with Gasteiger partial charge in [-0.1, -0.05) is 13.8 Å². The van der Waals surface area contributed by atoms with Crippen LogP contribution in [-0.4, -0.2) is 30.7 Å². The van der Waals surface area contributed by atoms with E-state index >= 15 is 0 Å². The Morgan fingerprint density at radius 3 is 2.60 bits per heavy atom. The maximum Gasteiger partial charge on any atom is 0.409 e. The van der Waals surface area contributed by atoms with Crippen molar-refractivity contribution in [3.63, 3.8) is 0 Å². The summed E-state index contributed by atoms with van der Waals surface area (Å²) in [5.41, 5.74) is 0. The van der Waals surface area contributed by atoms with Crippen molar-refractivity contribution in [2.24, 2.45) is 5.92 Å². The zero-order chi connectivity index (χ0) is 7.72. The van der Waals surface area contributed by atoms with Crippen LogP contribution in [0.4, 0.5) is 4.79 Å². The van der Waals surface area contributed by atoms with Crippen LogP contribution in [0.15, 0.2) is 0 Å². The van der Waals surface area contributed by atoms with Crippen molar-refractivity contribution in [1.29, 1.82) is 0 Å². The number of methoxy groups -OCH3 is 1. The van der Waals surface area contributed by atoms with Crippen LogP contribution in [0, 0.1) is 5.92 Å². The van der Waals surface area contributed by atoms with Gasteiger partial charge in [-0.15, -0.1) is 0 Å². The van der Waals surface area contributed by atoms with Crippen molar-refractivity contribution in [3.8, 4) is 0 Å². The molecule has 0 N–H and O–H groups in total. The fourth-order valence-corrected chi connectivity index (χ4v) is 1.05. The third-order valence-electron chi connectivity index (χ3n) is 1.83. The van der Waals surface area contributed by atoms with Gasteiger partial charge in [0, 0.05) is 6.54 Å². The molecule has 1 aliphatic rings. The molecule has 1 rings (SSSR count). The number of amides is 1. The molecule has 1 heterocycles. The van der Waals surface area contributed by atoms with Crippen LogP contribution in [0.3, 0.4) is 0 Å². The first-order valence-corrected chi connectivity index (χ1v) is 3.51. The first-order valence-electron chi connectivity index (χ1n) is 3.51. The molecule has 0 bridgehead atoms. The quantitative estimate of drug-likeness (QED) is 0.514. The van der Waals surface area contributed by atoms with Crippen LogP contribution in [0.2, 0.25) is 0 Å². The smallest absolute Gasteiger partial charge is 0.409 e.